The average molecular weight is 310 g/mol. The van der Waals surface area contributed by atoms with E-state index in [1.165, 1.54) is 0 Å². The van der Waals surface area contributed by atoms with Crippen LogP contribution in [0.4, 0.5) is 26.3 Å². The van der Waals surface area contributed by atoms with E-state index in [4.69, 9.17) is 5.73 Å². The molecule has 0 bridgehead atoms. The van der Waals surface area contributed by atoms with Gasteiger partial charge >= 0.3 is 12.5 Å². The summed E-state index contributed by atoms with van der Waals surface area (Å²) in [5, 5.41) is 0. The maximum atomic E-state index is 12.5. The van der Waals surface area contributed by atoms with E-state index in [2.05, 4.69) is 4.74 Å². The maximum absolute atomic E-state index is 12.5. The summed E-state index contributed by atoms with van der Waals surface area (Å²) in [4.78, 5) is 0. The van der Waals surface area contributed by atoms with Crippen LogP contribution in [0.25, 0.3) is 0 Å². The number of rotatable bonds is 5. The van der Waals surface area contributed by atoms with Crippen molar-refractivity contribution in [2.45, 2.75) is 25.0 Å². The van der Waals surface area contributed by atoms with Gasteiger partial charge in [-0.2, -0.15) is 17.6 Å². The largest absolute Gasteiger partial charge is 0.461 e. The number of nitrogens with two attached hydrogens (primary N) is 1. The van der Waals surface area contributed by atoms with E-state index in [1.54, 1.807) is 0 Å². The lowest BCUT2D eigenvalue weighted by Crippen LogP contribution is -2.33. The molecule has 0 spiro atoms. The van der Waals surface area contributed by atoms with Crippen LogP contribution in [0.1, 0.15) is 11.6 Å². The average Bonchev–Trinajstić information content (AvgIpc) is 2.28. The third-order valence-corrected chi connectivity index (χ3v) is 2.04. The fourth-order valence-electron chi connectivity index (χ4n) is 1.11. The molecule has 19 heavy (non-hydrogen) atoms. The molecule has 1 aromatic carbocycles. The van der Waals surface area contributed by atoms with Crippen LogP contribution >= 0.6 is 12.4 Å². The third-order valence-electron chi connectivity index (χ3n) is 2.04. The van der Waals surface area contributed by atoms with E-state index >= 15 is 0 Å². The summed E-state index contributed by atoms with van der Waals surface area (Å²) in [5.41, 5.74) is 5.09. The molecule has 0 aliphatic carbocycles. The molecule has 9 heteroatoms. The first kappa shape index (κ1) is 17.8. The van der Waals surface area contributed by atoms with Gasteiger partial charge < -0.3 is 10.5 Å². The zero-order valence-corrected chi connectivity index (χ0v) is 10.0. The molecule has 0 radical (unpaired) electrons. The Balaban J connectivity index is 0.00000324. The van der Waals surface area contributed by atoms with Crippen LogP contribution in [0.5, 0.6) is 5.75 Å². The van der Waals surface area contributed by atoms with E-state index in [-0.39, 0.29) is 18.0 Å². The molecular weight excluding hydrogens is 300 g/mol. The van der Waals surface area contributed by atoms with Gasteiger partial charge in [-0.25, -0.2) is 8.78 Å². The first-order valence-electron chi connectivity index (χ1n) is 4.72. The number of halogens is 7. The van der Waals surface area contributed by atoms with Gasteiger partial charge in [0.05, 0.1) is 6.04 Å². The van der Waals surface area contributed by atoms with Gasteiger partial charge in [-0.1, -0.05) is 12.1 Å². The second-order valence-corrected chi connectivity index (χ2v) is 3.39. The Bertz CT molecular complexity index is 386. The Morgan fingerprint density at radius 3 is 1.84 bits per heavy atom. The number of hydrogen-bond donors (Lipinski definition) is 1. The number of ether oxygens (including phenoxy) is 1. The SMILES string of the molecule is Cl.N[C@@H](c1ccc(OC(F)(F)C(F)F)cc1)C(F)F. The van der Waals surface area contributed by atoms with Crippen molar-refractivity contribution in [2.24, 2.45) is 5.73 Å². The standard InChI is InChI=1S/C10H9F6NO.ClH/c11-8(12)7(17)5-1-3-6(4-2-5)18-10(15,16)9(13)14;/h1-4,7-9H,17H2;1H/t7-;/m0./s1. The van der Waals surface area contributed by atoms with Crippen molar-refractivity contribution in [3.05, 3.63) is 29.8 Å². The van der Waals surface area contributed by atoms with Crippen LogP contribution in [0.15, 0.2) is 24.3 Å². The molecule has 2 nitrogen and oxygen atoms in total. The van der Waals surface area contributed by atoms with Gasteiger partial charge in [0.1, 0.15) is 5.75 Å². The molecule has 0 heterocycles. The van der Waals surface area contributed by atoms with E-state index in [0.29, 0.717) is 0 Å². The van der Waals surface area contributed by atoms with Crippen molar-refractivity contribution in [1.29, 1.82) is 0 Å². The van der Waals surface area contributed by atoms with Crippen LogP contribution in [-0.2, 0) is 0 Å². The van der Waals surface area contributed by atoms with Gasteiger partial charge in [0.15, 0.2) is 0 Å². The Morgan fingerprint density at radius 1 is 1.00 bits per heavy atom. The quantitative estimate of drug-likeness (QED) is 0.843. The van der Waals surface area contributed by atoms with Crippen molar-refractivity contribution in [3.8, 4) is 5.75 Å². The lowest BCUT2D eigenvalue weighted by Gasteiger charge is -2.17. The van der Waals surface area contributed by atoms with Gasteiger partial charge in [0.25, 0.3) is 6.43 Å². The highest BCUT2D eigenvalue weighted by Crippen LogP contribution is 2.28. The van der Waals surface area contributed by atoms with E-state index in [0.717, 1.165) is 24.3 Å². The molecule has 0 amide bonds. The Kier molecular flexibility index (Phi) is 6.44. The number of hydrogen-bond acceptors (Lipinski definition) is 2. The summed E-state index contributed by atoms with van der Waals surface area (Å²) in [6.45, 7) is 0. The minimum Gasteiger partial charge on any atom is -0.428 e. The lowest BCUT2D eigenvalue weighted by molar-refractivity contribution is -0.253. The fourth-order valence-corrected chi connectivity index (χ4v) is 1.11. The van der Waals surface area contributed by atoms with Crippen LogP contribution < -0.4 is 10.5 Å². The highest BCUT2D eigenvalue weighted by atomic mass is 35.5. The molecule has 1 aromatic rings. The molecule has 0 saturated carbocycles. The smallest absolute Gasteiger partial charge is 0.428 e. The summed E-state index contributed by atoms with van der Waals surface area (Å²) in [5.74, 6) is -0.564. The van der Waals surface area contributed by atoms with Crippen LogP contribution in [0.2, 0.25) is 0 Å². The predicted octanol–water partition coefficient (Wildman–Crippen LogP) is 3.61. The Labute approximate surface area is 110 Å². The monoisotopic (exact) mass is 309 g/mol. The summed E-state index contributed by atoms with van der Waals surface area (Å²) in [7, 11) is 0. The minimum absolute atomic E-state index is 0. The van der Waals surface area contributed by atoms with E-state index in [9.17, 15) is 26.3 Å². The van der Waals surface area contributed by atoms with Crippen molar-refractivity contribution < 1.29 is 31.1 Å². The molecule has 0 aromatic heterocycles. The lowest BCUT2D eigenvalue weighted by atomic mass is 10.1. The molecule has 2 N–H and O–H groups in total. The predicted molar refractivity (Wildman–Crippen MR) is 58.2 cm³/mol. The Hall–Kier alpha value is -1.15. The summed E-state index contributed by atoms with van der Waals surface area (Å²) >= 11 is 0. The van der Waals surface area contributed by atoms with Crippen LogP contribution in [0.3, 0.4) is 0 Å². The van der Waals surface area contributed by atoms with Crippen molar-refractivity contribution in [3.63, 3.8) is 0 Å². The summed E-state index contributed by atoms with van der Waals surface area (Å²) in [6, 6.07) is 2.18. The second kappa shape index (κ2) is 6.85. The molecule has 1 atom stereocenters. The van der Waals surface area contributed by atoms with Gasteiger partial charge in [-0.3, -0.25) is 0 Å². The fraction of sp³-hybridized carbons (Fsp3) is 0.400. The Morgan fingerprint density at radius 2 is 1.47 bits per heavy atom. The molecule has 0 saturated heterocycles. The molecule has 1 rings (SSSR count). The molecule has 0 aliphatic heterocycles. The first-order valence-corrected chi connectivity index (χ1v) is 4.72. The number of alkyl halides is 6. The van der Waals surface area contributed by atoms with Gasteiger partial charge in [-0.15, -0.1) is 12.4 Å². The highest BCUT2D eigenvalue weighted by molar-refractivity contribution is 5.85. The molecule has 0 unspecified atom stereocenters. The zero-order valence-electron chi connectivity index (χ0n) is 9.20. The molecule has 110 valence electrons. The molecule has 0 aliphatic rings. The second-order valence-electron chi connectivity index (χ2n) is 3.39. The highest BCUT2D eigenvalue weighted by Gasteiger charge is 2.43. The van der Waals surface area contributed by atoms with E-state index < -0.39 is 30.8 Å². The van der Waals surface area contributed by atoms with Crippen LogP contribution in [-0.4, -0.2) is 19.0 Å². The van der Waals surface area contributed by atoms with Crippen molar-refractivity contribution in [2.75, 3.05) is 0 Å². The van der Waals surface area contributed by atoms with E-state index in [1.807, 2.05) is 0 Å². The maximum Gasteiger partial charge on any atom is 0.461 e. The summed E-state index contributed by atoms with van der Waals surface area (Å²) in [6.07, 6.45) is -11.4. The normalized spacial score (nSPS) is 13.3. The third kappa shape index (κ3) is 4.79. The van der Waals surface area contributed by atoms with Crippen molar-refractivity contribution >= 4 is 12.4 Å². The summed E-state index contributed by atoms with van der Waals surface area (Å²) < 4.78 is 76.8. The molecule has 0 fully saturated rings. The number of benzene rings is 1. The molecular formula is C10H10ClF6NO. The van der Waals surface area contributed by atoms with Gasteiger partial charge in [-0.05, 0) is 17.7 Å². The van der Waals surface area contributed by atoms with Crippen LogP contribution in [0, 0.1) is 0 Å². The van der Waals surface area contributed by atoms with Gasteiger partial charge in [0.2, 0.25) is 0 Å². The first-order chi connectivity index (χ1) is 8.24. The van der Waals surface area contributed by atoms with Gasteiger partial charge in [0, 0.05) is 0 Å². The topological polar surface area (TPSA) is 35.2 Å². The van der Waals surface area contributed by atoms with Crippen molar-refractivity contribution in [1.82, 2.24) is 0 Å². The zero-order chi connectivity index (χ0) is 13.9. The minimum atomic E-state index is -4.63.